The molecule has 0 amide bonds. The van der Waals surface area contributed by atoms with Crippen molar-refractivity contribution in [2.75, 3.05) is 0 Å². The van der Waals surface area contributed by atoms with Crippen molar-refractivity contribution < 1.29 is 14.7 Å². The van der Waals surface area contributed by atoms with Gasteiger partial charge in [0, 0.05) is 12.8 Å². The molecule has 2 rings (SSSR count). The Balaban J connectivity index is 2.21. The quantitative estimate of drug-likeness (QED) is 0.714. The molecule has 0 aromatic carbocycles. The molecule has 0 aromatic rings. The Morgan fingerprint density at radius 1 is 0.941 bits per heavy atom. The number of rotatable bonds is 1. The summed E-state index contributed by atoms with van der Waals surface area (Å²) in [6.07, 6.45) is 7.82. The molecule has 2 saturated carbocycles. The van der Waals surface area contributed by atoms with Gasteiger partial charge in [-0.05, 0) is 25.7 Å². The lowest BCUT2D eigenvalue weighted by Crippen LogP contribution is -2.48. The van der Waals surface area contributed by atoms with Crippen molar-refractivity contribution in [1.82, 2.24) is 0 Å². The largest absolute Gasteiger partial charge is 0.381 e. The normalized spacial score (nSPS) is 36.4. The number of carbonyl (C=O) groups excluding carboxylic acids is 2. The minimum atomic E-state index is -1.34. The average molecular weight is 238 g/mol. The van der Waals surface area contributed by atoms with E-state index in [4.69, 9.17) is 0 Å². The molecule has 2 unspecified atom stereocenters. The molecule has 0 aliphatic heterocycles. The highest BCUT2D eigenvalue weighted by molar-refractivity contribution is 5.94. The monoisotopic (exact) mass is 238 g/mol. The third-order valence-corrected chi connectivity index (χ3v) is 4.33. The van der Waals surface area contributed by atoms with Crippen LogP contribution in [-0.2, 0) is 9.59 Å². The third kappa shape index (κ3) is 2.59. The van der Waals surface area contributed by atoms with Crippen LogP contribution in [0.25, 0.3) is 0 Å². The lowest BCUT2D eigenvalue weighted by Gasteiger charge is -2.32. The summed E-state index contributed by atoms with van der Waals surface area (Å²) in [5.74, 6) is -0.397. The molecular formula is C14H22O3. The van der Waals surface area contributed by atoms with Gasteiger partial charge in [0.15, 0.2) is 5.78 Å². The second-order valence-corrected chi connectivity index (χ2v) is 5.53. The number of ketones is 2. The summed E-state index contributed by atoms with van der Waals surface area (Å²) in [6, 6.07) is 0. The molecule has 2 atom stereocenters. The van der Waals surface area contributed by atoms with Crippen LogP contribution in [0.3, 0.4) is 0 Å². The molecule has 0 saturated heterocycles. The number of aliphatic hydroxyl groups is 1. The van der Waals surface area contributed by atoms with Crippen LogP contribution in [0, 0.1) is 5.92 Å². The number of hydrogen-bond acceptors (Lipinski definition) is 3. The minimum Gasteiger partial charge on any atom is -0.381 e. The van der Waals surface area contributed by atoms with Crippen LogP contribution in [0.5, 0.6) is 0 Å². The zero-order chi connectivity index (χ0) is 12.3. The highest BCUT2D eigenvalue weighted by Gasteiger charge is 2.46. The van der Waals surface area contributed by atoms with Gasteiger partial charge in [-0.3, -0.25) is 9.59 Å². The maximum atomic E-state index is 12.1. The Morgan fingerprint density at radius 3 is 2.47 bits per heavy atom. The highest BCUT2D eigenvalue weighted by atomic mass is 16.3. The van der Waals surface area contributed by atoms with E-state index in [1.54, 1.807) is 0 Å². The molecule has 0 heterocycles. The molecule has 3 nitrogen and oxygen atoms in total. The molecule has 1 N–H and O–H groups in total. The van der Waals surface area contributed by atoms with Gasteiger partial charge >= 0.3 is 0 Å². The van der Waals surface area contributed by atoms with Gasteiger partial charge in [-0.25, -0.2) is 0 Å². The van der Waals surface area contributed by atoms with E-state index >= 15 is 0 Å². The van der Waals surface area contributed by atoms with Crippen LogP contribution in [0.2, 0.25) is 0 Å². The summed E-state index contributed by atoms with van der Waals surface area (Å²) in [6.45, 7) is 0. The van der Waals surface area contributed by atoms with Crippen LogP contribution in [0.4, 0.5) is 0 Å². The molecule has 3 heteroatoms. The van der Waals surface area contributed by atoms with Gasteiger partial charge in [-0.2, -0.15) is 0 Å². The topological polar surface area (TPSA) is 54.4 Å². The van der Waals surface area contributed by atoms with Crippen molar-refractivity contribution in [3.05, 3.63) is 0 Å². The standard InChI is InChI=1S/C14H22O3/c15-12-8-4-1-3-7-11(12)14(17)10-6-2-5-9-13(14)16/h11,17H,1-10H2. The summed E-state index contributed by atoms with van der Waals surface area (Å²) >= 11 is 0. The maximum Gasteiger partial charge on any atom is 0.165 e. The number of carbonyl (C=O) groups is 2. The maximum absolute atomic E-state index is 12.1. The second-order valence-electron chi connectivity index (χ2n) is 5.53. The molecule has 0 bridgehead atoms. The first-order chi connectivity index (χ1) is 8.14. The fraction of sp³-hybridized carbons (Fsp3) is 0.857. The van der Waals surface area contributed by atoms with Crippen molar-refractivity contribution in [3.8, 4) is 0 Å². The van der Waals surface area contributed by atoms with Crippen LogP contribution in [0.15, 0.2) is 0 Å². The van der Waals surface area contributed by atoms with Crippen molar-refractivity contribution in [3.63, 3.8) is 0 Å². The Morgan fingerprint density at radius 2 is 1.65 bits per heavy atom. The summed E-state index contributed by atoms with van der Waals surface area (Å²) in [5.41, 5.74) is -1.34. The van der Waals surface area contributed by atoms with E-state index in [1.165, 1.54) is 0 Å². The molecule has 0 aromatic heterocycles. The van der Waals surface area contributed by atoms with Crippen molar-refractivity contribution in [1.29, 1.82) is 0 Å². The van der Waals surface area contributed by atoms with Gasteiger partial charge in [-0.1, -0.05) is 25.7 Å². The van der Waals surface area contributed by atoms with Gasteiger partial charge in [-0.15, -0.1) is 0 Å². The van der Waals surface area contributed by atoms with Gasteiger partial charge in [0.25, 0.3) is 0 Å². The first-order valence-corrected chi connectivity index (χ1v) is 6.93. The molecule has 2 fully saturated rings. The average Bonchev–Trinajstić information content (AvgIpc) is 2.61. The summed E-state index contributed by atoms with van der Waals surface area (Å²) in [7, 11) is 0. The first-order valence-electron chi connectivity index (χ1n) is 6.93. The number of hydrogen-bond donors (Lipinski definition) is 1. The van der Waals surface area contributed by atoms with E-state index in [0.717, 1.165) is 38.5 Å². The predicted octanol–water partition coefficient (Wildman–Crippen LogP) is 2.40. The minimum absolute atomic E-state index is 0.0877. The molecule has 2 aliphatic carbocycles. The Labute approximate surface area is 103 Å². The summed E-state index contributed by atoms with van der Waals surface area (Å²) < 4.78 is 0. The van der Waals surface area contributed by atoms with Crippen LogP contribution >= 0.6 is 0 Å². The summed E-state index contributed by atoms with van der Waals surface area (Å²) in [5, 5.41) is 10.7. The highest BCUT2D eigenvalue weighted by Crippen LogP contribution is 2.36. The van der Waals surface area contributed by atoms with E-state index in [1.807, 2.05) is 0 Å². The Kier molecular flexibility index (Phi) is 3.97. The zero-order valence-electron chi connectivity index (χ0n) is 10.4. The van der Waals surface area contributed by atoms with Gasteiger partial charge in [0.05, 0.1) is 5.92 Å². The van der Waals surface area contributed by atoms with Gasteiger partial charge in [0.2, 0.25) is 0 Å². The molecule has 0 spiro atoms. The molecule has 17 heavy (non-hydrogen) atoms. The fourth-order valence-electron chi connectivity index (χ4n) is 3.25. The molecule has 2 aliphatic rings. The van der Waals surface area contributed by atoms with Crippen LogP contribution in [-0.4, -0.2) is 22.3 Å². The molecular weight excluding hydrogens is 216 g/mol. The molecule has 0 radical (unpaired) electrons. The number of Topliss-reactive ketones (excluding diaryl/α,β-unsaturated/α-hetero) is 2. The van der Waals surface area contributed by atoms with Gasteiger partial charge in [0.1, 0.15) is 11.4 Å². The smallest absolute Gasteiger partial charge is 0.165 e. The Hall–Kier alpha value is -0.700. The molecule has 96 valence electrons. The van der Waals surface area contributed by atoms with E-state index in [9.17, 15) is 14.7 Å². The van der Waals surface area contributed by atoms with Crippen molar-refractivity contribution in [2.45, 2.75) is 69.8 Å². The first kappa shape index (κ1) is 12.7. The van der Waals surface area contributed by atoms with E-state index in [0.29, 0.717) is 25.7 Å². The SMILES string of the molecule is O=C1CCCCCC1C1(O)CCCCCC1=O. The van der Waals surface area contributed by atoms with E-state index in [-0.39, 0.29) is 11.6 Å². The van der Waals surface area contributed by atoms with E-state index in [2.05, 4.69) is 0 Å². The van der Waals surface area contributed by atoms with Crippen LogP contribution in [0.1, 0.15) is 64.2 Å². The second kappa shape index (κ2) is 5.30. The summed E-state index contributed by atoms with van der Waals surface area (Å²) in [4.78, 5) is 24.2. The van der Waals surface area contributed by atoms with Crippen molar-refractivity contribution >= 4 is 11.6 Å². The lowest BCUT2D eigenvalue weighted by atomic mass is 9.76. The zero-order valence-corrected chi connectivity index (χ0v) is 10.4. The predicted molar refractivity (Wildman–Crippen MR) is 64.6 cm³/mol. The van der Waals surface area contributed by atoms with Crippen molar-refractivity contribution in [2.24, 2.45) is 5.92 Å². The lowest BCUT2D eigenvalue weighted by molar-refractivity contribution is -0.151. The Bertz CT molecular complexity index is 311. The van der Waals surface area contributed by atoms with Crippen LogP contribution < -0.4 is 0 Å². The van der Waals surface area contributed by atoms with E-state index < -0.39 is 11.5 Å². The fourth-order valence-corrected chi connectivity index (χ4v) is 3.25. The van der Waals surface area contributed by atoms with Gasteiger partial charge < -0.3 is 5.11 Å². The third-order valence-electron chi connectivity index (χ3n) is 4.33.